The van der Waals surface area contributed by atoms with Gasteiger partial charge in [-0.2, -0.15) is 0 Å². The van der Waals surface area contributed by atoms with Gasteiger partial charge < -0.3 is 10.6 Å². The van der Waals surface area contributed by atoms with Crippen LogP contribution in [0.5, 0.6) is 0 Å². The highest BCUT2D eigenvalue weighted by molar-refractivity contribution is 8.00. The molecule has 0 atom stereocenters. The number of carbonyl (C=O) groups is 2. The van der Waals surface area contributed by atoms with Gasteiger partial charge in [-0.1, -0.05) is 36.4 Å². The van der Waals surface area contributed by atoms with Crippen LogP contribution in [0.1, 0.15) is 10.4 Å². The maximum Gasteiger partial charge on any atom is 0.255 e. The van der Waals surface area contributed by atoms with Crippen LogP contribution in [0.4, 0.5) is 15.8 Å². The molecule has 0 radical (unpaired) electrons. The third kappa shape index (κ3) is 5.29. The van der Waals surface area contributed by atoms with Crippen molar-refractivity contribution in [3.8, 4) is 0 Å². The van der Waals surface area contributed by atoms with Crippen LogP contribution in [0, 0.1) is 5.82 Å². The van der Waals surface area contributed by atoms with Gasteiger partial charge in [0.1, 0.15) is 5.82 Å². The molecule has 0 bridgehead atoms. The molecule has 0 aliphatic carbocycles. The van der Waals surface area contributed by atoms with Crippen molar-refractivity contribution in [3.63, 3.8) is 0 Å². The van der Waals surface area contributed by atoms with Crippen molar-refractivity contribution in [2.75, 3.05) is 16.4 Å². The number of hydrogen-bond donors (Lipinski definition) is 2. The van der Waals surface area contributed by atoms with Gasteiger partial charge in [-0.05, 0) is 60.0 Å². The monoisotopic (exact) mass is 430 g/mol. The van der Waals surface area contributed by atoms with Crippen LogP contribution in [0.25, 0.3) is 10.8 Å². The number of halogens is 1. The van der Waals surface area contributed by atoms with Gasteiger partial charge in [0.2, 0.25) is 5.91 Å². The molecule has 4 aromatic carbocycles. The highest BCUT2D eigenvalue weighted by atomic mass is 32.2. The molecule has 0 unspecified atom stereocenters. The van der Waals surface area contributed by atoms with E-state index >= 15 is 0 Å². The number of thioether (sulfide) groups is 1. The van der Waals surface area contributed by atoms with Crippen molar-refractivity contribution in [2.45, 2.75) is 4.90 Å². The third-order valence-electron chi connectivity index (χ3n) is 4.65. The van der Waals surface area contributed by atoms with Crippen molar-refractivity contribution in [1.82, 2.24) is 0 Å². The van der Waals surface area contributed by atoms with Gasteiger partial charge >= 0.3 is 0 Å². The van der Waals surface area contributed by atoms with Crippen molar-refractivity contribution in [3.05, 3.63) is 102 Å². The van der Waals surface area contributed by atoms with Crippen LogP contribution in [0.15, 0.2) is 95.9 Å². The highest BCUT2D eigenvalue weighted by Gasteiger charge is 2.08. The number of nitrogens with one attached hydrogen (secondary N) is 2. The smallest absolute Gasteiger partial charge is 0.255 e. The van der Waals surface area contributed by atoms with Crippen molar-refractivity contribution in [1.29, 1.82) is 0 Å². The number of fused-ring (bicyclic) bond motifs is 1. The van der Waals surface area contributed by atoms with Gasteiger partial charge in [0, 0.05) is 27.2 Å². The Kier molecular flexibility index (Phi) is 6.29. The van der Waals surface area contributed by atoms with E-state index in [1.807, 2.05) is 54.6 Å². The quantitative estimate of drug-likeness (QED) is 0.371. The SMILES string of the molecule is O=C(CSc1ccc(NC(=O)c2ccc(F)cc2)cc1)Nc1cccc2ccccc12. The topological polar surface area (TPSA) is 58.2 Å². The fraction of sp³-hybridized carbons (Fsp3) is 0.0400. The molecule has 0 aromatic heterocycles. The zero-order valence-electron chi connectivity index (χ0n) is 16.5. The van der Waals surface area contributed by atoms with E-state index in [9.17, 15) is 14.0 Å². The van der Waals surface area contributed by atoms with Crippen LogP contribution >= 0.6 is 11.8 Å². The summed E-state index contributed by atoms with van der Waals surface area (Å²) in [6.45, 7) is 0. The predicted octanol–water partition coefficient (Wildman–Crippen LogP) is 5.96. The number of rotatable bonds is 6. The first-order valence-corrected chi connectivity index (χ1v) is 10.6. The molecular formula is C25H19FN2O2S. The van der Waals surface area contributed by atoms with Crippen LogP contribution in [0.2, 0.25) is 0 Å². The Morgan fingerprint density at radius 2 is 1.48 bits per heavy atom. The van der Waals surface area contributed by atoms with Gasteiger partial charge in [-0.3, -0.25) is 9.59 Å². The fourth-order valence-electron chi connectivity index (χ4n) is 3.11. The van der Waals surface area contributed by atoms with Crippen molar-refractivity contribution >= 4 is 45.7 Å². The predicted molar refractivity (Wildman–Crippen MR) is 124 cm³/mol. The zero-order chi connectivity index (χ0) is 21.6. The van der Waals surface area contributed by atoms with Gasteiger partial charge in [0.05, 0.1) is 5.75 Å². The molecule has 2 N–H and O–H groups in total. The van der Waals surface area contributed by atoms with Crippen LogP contribution in [-0.4, -0.2) is 17.6 Å². The number of carbonyl (C=O) groups excluding carboxylic acids is 2. The Bertz CT molecular complexity index is 1220. The maximum absolute atomic E-state index is 13.0. The molecule has 4 rings (SSSR count). The number of hydrogen-bond acceptors (Lipinski definition) is 3. The minimum atomic E-state index is -0.387. The first-order valence-electron chi connectivity index (χ1n) is 9.66. The third-order valence-corrected chi connectivity index (χ3v) is 5.66. The molecule has 0 aliphatic heterocycles. The van der Waals surface area contributed by atoms with E-state index in [0.29, 0.717) is 11.3 Å². The molecular weight excluding hydrogens is 411 g/mol. The van der Waals surface area contributed by atoms with Gasteiger partial charge in [-0.25, -0.2) is 4.39 Å². The van der Waals surface area contributed by atoms with E-state index in [4.69, 9.17) is 0 Å². The van der Waals surface area contributed by atoms with Crippen LogP contribution < -0.4 is 10.6 Å². The number of amides is 2. The molecule has 4 nitrogen and oxygen atoms in total. The van der Waals surface area contributed by atoms with E-state index in [1.54, 1.807) is 12.1 Å². The second-order valence-electron chi connectivity index (χ2n) is 6.85. The second-order valence-corrected chi connectivity index (χ2v) is 7.90. The molecule has 0 saturated carbocycles. The van der Waals surface area contributed by atoms with E-state index in [-0.39, 0.29) is 23.4 Å². The normalized spacial score (nSPS) is 10.6. The molecule has 0 saturated heterocycles. The molecule has 2 amide bonds. The molecule has 154 valence electrons. The molecule has 0 heterocycles. The largest absolute Gasteiger partial charge is 0.325 e. The van der Waals surface area contributed by atoms with Crippen molar-refractivity contribution < 1.29 is 14.0 Å². The standard InChI is InChI=1S/C25H19FN2O2S/c26-19-10-8-18(9-11-19)25(30)27-20-12-14-21(15-13-20)31-16-24(29)28-23-7-3-5-17-4-1-2-6-22(17)23/h1-15H,16H2,(H,27,30)(H,28,29). The molecule has 0 aliphatic rings. The first kappa shape index (κ1) is 20.6. The minimum Gasteiger partial charge on any atom is -0.325 e. The van der Waals surface area contributed by atoms with E-state index < -0.39 is 0 Å². The summed E-state index contributed by atoms with van der Waals surface area (Å²) in [6, 6.07) is 26.3. The summed E-state index contributed by atoms with van der Waals surface area (Å²) in [4.78, 5) is 25.5. The Labute approximate surface area is 183 Å². The second kappa shape index (κ2) is 9.45. The lowest BCUT2D eigenvalue weighted by molar-refractivity contribution is -0.113. The lowest BCUT2D eigenvalue weighted by Crippen LogP contribution is -2.14. The van der Waals surface area contributed by atoms with E-state index in [1.165, 1.54) is 36.0 Å². The van der Waals surface area contributed by atoms with E-state index in [2.05, 4.69) is 10.6 Å². The molecule has 4 aromatic rings. The maximum atomic E-state index is 13.0. The van der Waals surface area contributed by atoms with E-state index in [0.717, 1.165) is 21.4 Å². The summed E-state index contributed by atoms with van der Waals surface area (Å²) in [5.41, 5.74) is 1.80. The van der Waals surface area contributed by atoms with Crippen LogP contribution in [-0.2, 0) is 4.79 Å². The number of anilines is 2. The van der Waals surface area contributed by atoms with Crippen molar-refractivity contribution in [2.24, 2.45) is 0 Å². The zero-order valence-corrected chi connectivity index (χ0v) is 17.3. The minimum absolute atomic E-state index is 0.0879. The Morgan fingerprint density at radius 1 is 0.774 bits per heavy atom. The molecule has 0 spiro atoms. The average molecular weight is 431 g/mol. The fourth-order valence-corrected chi connectivity index (χ4v) is 3.81. The first-order chi connectivity index (χ1) is 15.1. The summed E-state index contributed by atoms with van der Waals surface area (Å²) in [5.74, 6) is -0.517. The Hall–Kier alpha value is -3.64. The Morgan fingerprint density at radius 3 is 2.26 bits per heavy atom. The summed E-state index contributed by atoms with van der Waals surface area (Å²) < 4.78 is 13.0. The highest BCUT2D eigenvalue weighted by Crippen LogP contribution is 2.24. The summed E-state index contributed by atoms with van der Waals surface area (Å²) >= 11 is 1.41. The summed E-state index contributed by atoms with van der Waals surface area (Å²) in [7, 11) is 0. The Balaban J connectivity index is 1.32. The molecule has 31 heavy (non-hydrogen) atoms. The average Bonchev–Trinajstić information content (AvgIpc) is 2.79. The molecule has 0 fully saturated rings. The van der Waals surface area contributed by atoms with Gasteiger partial charge in [-0.15, -0.1) is 11.8 Å². The summed E-state index contributed by atoms with van der Waals surface area (Å²) in [5, 5.41) is 7.82. The number of benzene rings is 4. The lowest BCUT2D eigenvalue weighted by Gasteiger charge is -2.09. The van der Waals surface area contributed by atoms with Crippen LogP contribution in [0.3, 0.4) is 0 Å². The van der Waals surface area contributed by atoms with Gasteiger partial charge in [0.15, 0.2) is 0 Å². The summed E-state index contributed by atoms with van der Waals surface area (Å²) in [6.07, 6.45) is 0. The lowest BCUT2D eigenvalue weighted by atomic mass is 10.1. The van der Waals surface area contributed by atoms with Gasteiger partial charge in [0.25, 0.3) is 5.91 Å². The molecule has 6 heteroatoms.